The van der Waals surface area contributed by atoms with Gasteiger partial charge in [-0.3, -0.25) is 4.79 Å². The summed E-state index contributed by atoms with van der Waals surface area (Å²) in [4.78, 5) is 17.4. The molecule has 2 N–H and O–H groups in total. The molecule has 0 saturated carbocycles. The van der Waals surface area contributed by atoms with Crippen LogP contribution < -0.4 is 10.6 Å². The second-order valence-corrected chi connectivity index (χ2v) is 5.94. The van der Waals surface area contributed by atoms with Crippen LogP contribution in [-0.2, 0) is 19.0 Å². The van der Waals surface area contributed by atoms with Crippen molar-refractivity contribution in [3.63, 3.8) is 0 Å². The maximum Gasteiger partial charge on any atom is 0.243 e. The Balaban J connectivity index is 1.80. The molecule has 1 spiro atoms. The predicted octanol–water partition coefficient (Wildman–Crippen LogP) is -0.448. The first-order chi connectivity index (χ1) is 11.0. The van der Waals surface area contributed by atoms with E-state index >= 15 is 0 Å². The monoisotopic (exact) mass is 328 g/mol. The summed E-state index contributed by atoms with van der Waals surface area (Å²) in [6.07, 6.45) is 1.52. The number of ether oxygens (including phenoxy) is 3. The topological polar surface area (TPSA) is 84.4 Å². The highest BCUT2D eigenvalue weighted by Crippen LogP contribution is 2.32. The standard InChI is InChI=1S/C15H28N4O4/c1-4-16-14(18-10-13(20)19(2)3)17-9-12-11-22-15(23-12)5-7-21-8-6-15/h12H,4-11H2,1-3H3,(H2,16,17,18). The van der Waals surface area contributed by atoms with Crippen molar-refractivity contribution in [1.82, 2.24) is 15.5 Å². The molecule has 8 nitrogen and oxygen atoms in total. The summed E-state index contributed by atoms with van der Waals surface area (Å²) in [5.41, 5.74) is 0. The lowest BCUT2D eigenvalue weighted by molar-refractivity contribution is -0.210. The minimum atomic E-state index is -0.471. The van der Waals surface area contributed by atoms with E-state index in [9.17, 15) is 4.79 Å². The van der Waals surface area contributed by atoms with Crippen LogP contribution in [0.25, 0.3) is 0 Å². The number of nitrogens with zero attached hydrogens (tertiary/aromatic N) is 2. The summed E-state index contributed by atoms with van der Waals surface area (Å²) >= 11 is 0. The van der Waals surface area contributed by atoms with Crippen molar-refractivity contribution < 1.29 is 19.0 Å². The SMILES string of the molecule is CCNC(=NCC(=O)N(C)C)NCC1COC2(CCOCC2)O1. The van der Waals surface area contributed by atoms with Crippen LogP contribution in [0.2, 0.25) is 0 Å². The number of guanidine groups is 1. The lowest BCUT2D eigenvalue weighted by Crippen LogP contribution is -2.43. The Morgan fingerprint density at radius 1 is 1.30 bits per heavy atom. The number of rotatable bonds is 5. The van der Waals surface area contributed by atoms with Crippen LogP contribution in [0.4, 0.5) is 0 Å². The maximum absolute atomic E-state index is 11.6. The van der Waals surface area contributed by atoms with Gasteiger partial charge in [-0.1, -0.05) is 0 Å². The van der Waals surface area contributed by atoms with Crippen LogP contribution in [0.3, 0.4) is 0 Å². The molecule has 0 bridgehead atoms. The number of aliphatic imine (C=N–C) groups is 1. The maximum atomic E-state index is 11.6. The van der Waals surface area contributed by atoms with Gasteiger partial charge in [0.25, 0.3) is 0 Å². The zero-order valence-electron chi connectivity index (χ0n) is 14.3. The van der Waals surface area contributed by atoms with Gasteiger partial charge in [0.05, 0.1) is 19.8 Å². The summed E-state index contributed by atoms with van der Waals surface area (Å²) in [5, 5.41) is 6.33. The van der Waals surface area contributed by atoms with Crippen molar-refractivity contribution in [2.24, 2.45) is 4.99 Å². The zero-order chi connectivity index (χ0) is 16.7. The second-order valence-electron chi connectivity index (χ2n) is 5.94. The molecule has 2 rings (SSSR count). The molecular formula is C15H28N4O4. The third-order valence-electron chi connectivity index (χ3n) is 3.88. The van der Waals surface area contributed by atoms with Crippen molar-refractivity contribution in [2.45, 2.75) is 31.7 Å². The average molecular weight is 328 g/mol. The predicted molar refractivity (Wildman–Crippen MR) is 86.3 cm³/mol. The van der Waals surface area contributed by atoms with Crippen LogP contribution in [0.1, 0.15) is 19.8 Å². The fraction of sp³-hybridized carbons (Fsp3) is 0.867. The molecule has 132 valence electrons. The molecule has 1 atom stereocenters. The van der Waals surface area contributed by atoms with Gasteiger partial charge in [-0.15, -0.1) is 0 Å². The molecule has 0 aromatic heterocycles. The summed E-state index contributed by atoms with van der Waals surface area (Å²) in [5.74, 6) is 0.101. The Morgan fingerprint density at radius 3 is 2.70 bits per heavy atom. The quantitative estimate of drug-likeness (QED) is 0.525. The Morgan fingerprint density at radius 2 is 2.04 bits per heavy atom. The molecule has 0 aromatic carbocycles. The fourth-order valence-electron chi connectivity index (χ4n) is 2.50. The Kier molecular flexibility index (Phi) is 6.61. The van der Waals surface area contributed by atoms with E-state index in [1.54, 1.807) is 14.1 Å². The minimum absolute atomic E-state index is 0.0264. The van der Waals surface area contributed by atoms with E-state index < -0.39 is 5.79 Å². The Bertz CT molecular complexity index is 422. The van der Waals surface area contributed by atoms with E-state index in [-0.39, 0.29) is 18.6 Å². The minimum Gasteiger partial charge on any atom is -0.381 e. The van der Waals surface area contributed by atoms with Gasteiger partial charge in [-0.05, 0) is 6.92 Å². The van der Waals surface area contributed by atoms with E-state index in [2.05, 4.69) is 15.6 Å². The first-order valence-electron chi connectivity index (χ1n) is 8.16. The molecule has 1 unspecified atom stereocenters. The molecule has 2 heterocycles. The van der Waals surface area contributed by atoms with Gasteiger partial charge in [0, 0.05) is 40.0 Å². The number of nitrogens with one attached hydrogen (secondary N) is 2. The van der Waals surface area contributed by atoms with Crippen LogP contribution in [-0.4, -0.2) is 82.2 Å². The van der Waals surface area contributed by atoms with Crippen molar-refractivity contribution in [3.05, 3.63) is 0 Å². The van der Waals surface area contributed by atoms with Gasteiger partial charge in [0.2, 0.25) is 5.91 Å². The molecule has 8 heteroatoms. The second kappa shape index (κ2) is 8.47. The molecule has 2 fully saturated rings. The number of hydrogen-bond acceptors (Lipinski definition) is 5. The highest BCUT2D eigenvalue weighted by Gasteiger charge is 2.42. The molecular weight excluding hydrogens is 300 g/mol. The zero-order valence-corrected chi connectivity index (χ0v) is 14.3. The molecule has 1 amide bonds. The van der Waals surface area contributed by atoms with Crippen molar-refractivity contribution in [3.8, 4) is 0 Å². The highest BCUT2D eigenvalue weighted by atomic mass is 16.7. The van der Waals surface area contributed by atoms with Crippen LogP contribution in [0.15, 0.2) is 4.99 Å². The summed E-state index contributed by atoms with van der Waals surface area (Å²) in [6, 6.07) is 0. The lowest BCUT2D eigenvalue weighted by atomic mass is 10.1. The lowest BCUT2D eigenvalue weighted by Gasteiger charge is -2.31. The summed E-state index contributed by atoms with van der Waals surface area (Å²) < 4.78 is 17.3. The normalized spacial score (nSPS) is 23.8. The Hall–Kier alpha value is -1.38. The molecule has 0 aromatic rings. The smallest absolute Gasteiger partial charge is 0.243 e. The van der Waals surface area contributed by atoms with Crippen molar-refractivity contribution in [1.29, 1.82) is 0 Å². The fourth-order valence-corrected chi connectivity index (χ4v) is 2.50. The van der Waals surface area contributed by atoms with E-state index in [0.717, 1.165) is 19.4 Å². The summed E-state index contributed by atoms with van der Waals surface area (Å²) in [6.45, 7) is 5.33. The number of hydrogen-bond donors (Lipinski definition) is 2. The van der Waals surface area contributed by atoms with E-state index in [0.29, 0.717) is 32.3 Å². The third-order valence-corrected chi connectivity index (χ3v) is 3.88. The molecule has 0 radical (unpaired) electrons. The number of likely N-dealkylation sites (N-methyl/N-ethyl adjacent to an activating group) is 1. The van der Waals surface area contributed by atoms with Gasteiger partial charge in [0.15, 0.2) is 11.7 Å². The van der Waals surface area contributed by atoms with E-state index in [4.69, 9.17) is 14.2 Å². The van der Waals surface area contributed by atoms with Gasteiger partial charge < -0.3 is 29.7 Å². The van der Waals surface area contributed by atoms with E-state index in [1.165, 1.54) is 4.90 Å². The van der Waals surface area contributed by atoms with Crippen LogP contribution in [0, 0.1) is 0 Å². The highest BCUT2D eigenvalue weighted by molar-refractivity contribution is 5.84. The average Bonchev–Trinajstić information content (AvgIpc) is 2.93. The van der Waals surface area contributed by atoms with Gasteiger partial charge in [0.1, 0.15) is 12.6 Å². The van der Waals surface area contributed by atoms with Gasteiger partial charge in [-0.25, -0.2) is 4.99 Å². The molecule has 2 aliphatic heterocycles. The first-order valence-corrected chi connectivity index (χ1v) is 8.16. The molecule has 2 aliphatic rings. The van der Waals surface area contributed by atoms with Gasteiger partial charge in [-0.2, -0.15) is 0 Å². The number of carbonyl (C=O) groups is 1. The van der Waals surface area contributed by atoms with Crippen molar-refractivity contribution in [2.75, 3.05) is 53.6 Å². The van der Waals surface area contributed by atoms with Gasteiger partial charge >= 0.3 is 0 Å². The number of amides is 1. The van der Waals surface area contributed by atoms with Crippen molar-refractivity contribution >= 4 is 11.9 Å². The molecule has 0 aliphatic carbocycles. The van der Waals surface area contributed by atoms with Crippen LogP contribution >= 0.6 is 0 Å². The number of carbonyl (C=O) groups excluding carboxylic acids is 1. The summed E-state index contributed by atoms with van der Waals surface area (Å²) in [7, 11) is 3.44. The Labute approximate surface area is 137 Å². The molecule has 2 saturated heterocycles. The largest absolute Gasteiger partial charge is 0.381 e. The van der Waals surface area contributed by atoms with E-state index in [1.807, 2.05) is 6.92 Å². The van der Waals surface area contributed by atoms with Crippen LogP contribution in [0.5, 0.6) is 0 Å². The third kappa shape index (κ3) is 5.33. The first kappa shape index (κ1) is 18.0. The molecule has 23 heavy (non-hydrogen) atoms.